The van der Waals surface area contributed by atoms with E-state index in [-0.39, 0.29) is 58.8 Å². The fourth-order valence-corrected chi connectivity index (χ4v) is 1.28. The fourth-order valence-electron chi connectivity index (χ4n) is 1.28. The Morgan fingerprint density at radius 3 is 2.07 bits per heavy atom. The van der Waals surface area contributed by atoms with Gasteiger partial charge in [-0.05, 0) is 6.42 Å². The van der Waals surface area contributed by atoms with Crippen molar-refractivity contribution in [3.05, 3.63) is 0 Å². The molecular weight excluding hydrogens is 203 g/mol. The largest absolute Gasteiger partial charge is 1.00 e. The number of esters is 1. The van der Waals surface area contributed by atoms with Gasteiger partial charge in [0.15, 0.2) is 0 Å². The molecule has 0 bridgehead atoms. The topological polar surface area (TPSA) is 26.3 Å². The van der Waals surface area contributed by atoms with Crippen LogP contribution in [0.5, 0.6) is 0 Å². The van der Waals surface area contributed by atoms with E-state index in [1.807, 2.05) is 0 Å². The second-order valence-electron chi connectivity index (χ2n) is 3.46. The SMILES string of the molecule is CCCCCCCCCOC(C)=O.[H-].[K+]. The first-order valence-corrected chi connectivity index (χ1v) is 5.40. The Bertz CT molecular complexity index is 132. The number of rotatable bonds is 8. The van der Waals surface area contributed by atoms with Crippen LogP contribution >= 0.6 is 0 Å². The Kier molecular flexibility index (Phi) is 17.6. The first-order chi connectivity index (χ1) is 6.27. The van der Waals surface area contributed by atoms with E-state index in [1.54, 1.807) is 0 Å². The zero-order chi connectivity index (χ0) is 9.94. The molecule has 0 aromatic rings. The molecule has 0 spiro atoms. The maximum absolute atomic E-state index is 10.4. The van der Waals surface area contributed by atoms with Crippen LogP contribution in [0.3, 0.4) is 0 Å². The summed E-state index contributed by atoms with van der Waals surface area (Å²) in [7, 11) is 0. The molecule has 2 nitrogen and oxygen atoms in total. The average Bonchev–Trinajstić information content (AvgIpc) is 2.09. The van der Waals surface area contributed by atoms with Crippen LogP contribution in [0.4, 0.5) is 0 Å². The summed E-state index contributed by atoms with van der Waals surface area (Å²) >= 11 is 0. The molecule has 0 N–H and O–H groups in total. The van der Waals surface area contributed by atoms with E-state index in [4.69, 9.17) is 4.74 Å². The quantitative estimate of drug-likeness (QED) is 0.341. The van der Waals surface area contributed by atoms with E-state index >= 15 is 0 Å². The zero-order valence-electron chi connectivity index (χ0n) is 11.0. The number of unbranched alkanes of at least 4 members (excludes halogenated alkanes) is 6. The second kappa shape index (κ2) is 14.1. The van der Waals surface area contributed by atoms with Crippen LogP contribution in [0, 0.1) is 0 Å². The molecule has 0 aliphatic heterocycles. The van der Waals surface area contributed by atoms with Gasteiger partial charge in [0.1, 0.15) is 0 Å². The van der Waals surface area contributed by atoms with E-state index in [9.17, 15) is 4.79 Å². The van der Waals surface area contributed by atoms with E-state index in [0.29, 0.717) is 6.61 Å². The van der Waals surface area contributed by atoms with Gasteiger partial charge < -0.3 is 6.16 Å². The van der Waals surface area contributed by atoms with Crippen molar-refractivity contribution >= 4 is 5.97 Å². The van der Waals surface area contributed by atoms with Gasteiger partial charge in [0.05, 0.1) is 6.61 Å². The molecule has 0 aliphatic rings. The molecule has 0 aromatic carbocycles. The van der Waals surface area contributed by atoms with Gasteiger partial charge in [0.2, 0.25) is 0 Å². The predicted octanol–water partition coefficient (Wildman–Crippen LogP) is 0.417. The van der Waals surface area contributed by atoms with E-state index in [1.165, 1.54) is 45.4 Å². The van der Waals surface area contributed by atoms with Gasteiger partial charge in [0, 0.05) is 6.92 Å². The minimum absolute atomic E-state index is 0. The van der Waals surface area contributed by atoms with Crippen molar-refractivity contribution in [2.24, 2.45) is 0 Å². The summed E-state index contributed by atoms with van der Waals surface area (Å²) in [5.74, 6) is -0.161. The molecule has 0 radical (unpaired) electrons. The van der Waals surface area contributed by atoms with Crippen molar-refractivity contribution in [1.82, 2.24) is 0 Å². The monoisotopic (exact) mass is 226 g/mol. The van der Waals surface area contributed by atoms with Gasteiger partial charge in [-0.2, -0.15) is 0 Å². The fraction of sp³-hybridized carbons (Fsp3) is 0.909. The van der Waals surface area contributed by atoms with E-state index in [2.05, 4.69) is 6.92 Å². The van der Waals surface area contributed by atoms with Crippen LogP contribution in [0.15, 0.2) is 0 Å². The summed E-state index contributed by atoms with van der Waals surface area (Å²) in [6.45, 7) is 4.28. The molecule has 0 saturated heterocycles. The summed E-state index contributed by atoms with van der Waals surface area (Å²) < 4.78 is 4.83. The third kappa shape index (κ3) is 15.6. The zero-order valence-corrected chi connectivity index (χ0v) is 13.1. The Labute approximate surface area is 132 Å². The van der Waals surface area contributed by atoms with Crippen LogP contribution < -0.4 is 51.4 Å². The number of carbonyl (C=O) groups excluding carboxylic acids is 1. The number of hydrogen-bond acceptors (Lipinski definition) is 2. The maximum Gasteiger partial charge on any atom is 1.00 e. The van der Waals surface area contributed by atoms with Crippen LogP contribution in [-0.4, -0.2) is 12.6 Å². The van der Waals surface area contributed by atoms with Crippen LogP contribution in [-0.2, 0) is 9.53 Å². The summed E-state index contributed by atoms with van der Waals surface area (Å²) in [5, 5.41) is 0. The van der Waals surface area contributed by atoms with Crippen molar-refractivity contribution in [3.8, 4) is 0 Å². The maximum atomic E-state index is 10.4. The van der Waals surface area contributed by atoms with Gasteiger partial charge in [-0.1, -0.05) is 45.4 Å². The Morgan fingerprint density at radius 1 is 1.07 bits per heavy atom. The molecule has 0 heterocycles. The van der Waals surface area contributed by atoms with Crippen LogP contribution in [0.25, 0.3) is 0 Å². The van der Waals surface area contributed by atoms with Crippen LogP contribution in [0.1, 0.15) is 60.2 Å². The molecule has 0 fully saturated rings. The summed E-state index contributed by atoms with van der Waals surface area (Å²) in [4.78, 5) is 10.4. The first kappa shape index (κ1) is 17.5. The normalized spacial score (nSPS) is 9.29. The molecular formula is C11H23KO2. The van der Waals surface area contributed by atoms with Gasteiger partial charge in [-0.25, -0.2) is 0 Å². The van der Waals surface area contributed by atoms with Crippen molar-refractivity contribution < 1.29 is 62.3 Å². The molecule has 0 saturated carbocycles. The third-order valence-corrected chi connectivity index (χ3v) is 2.05. The average molecular weight is 226 g/mol. The Hall–Kier alpha value is 1.11. The molecule has 0 atom stereocenters. The van der Waals surface area contributed by atoms with Crippen LogP contribution in [0.2, 0.25) is 0 Å². The molecule has 80 valence electrons. The molecule has 3 heteroatoms. The van der Waals surface area contributed by atoms with Gasteiger partial charge in [0.25, 0.3) is 0 Å². The Balaban J connectivity index is -0.000000720. The first-order valence-electron chi connectivity index (χ1n) is 5.40. The van der Waals surface area contributed by atoms with Gasteiger partial charge in [-0.15, -0.1) is 0 Å². The molecule has 0 aliphatic carbocycles. The Morgan fingerprint density at radius 2 is 1.57 bits per heavy atom. The summed E-state index contributed by atoms with van der Waals surface area (Å²) in [6.07, 6.45) is 8.82. The molecule has 0 unspecified atom stereocenters. The number of carbonyl (C=O) groups is 1. The minimum atomic E-state index is -0.161. The summed E-state index contributed by atoms with van der Waals surface area (Å²) in [5.41, 5.74) is 0. The summed E-state index contributed by atoms with van der Waals surface area (Å²) in [6, 6.07) is 0. The standard InChI is InChI=1S/C11H22O2.K.H/c1-3-4-5-6-7-8-9-10-13-11(2)12;;/h3-10H2,1-2H3;;/q;+1;-1. The van der Waals surface area contributed by atoms with Crippen molar-refractivity contribution in [2.75, 3.05) is 6.61 Å². The molecule has 0 amide bonds. The third-order valence-electron chi connectivity index (χ3n) is 2.05. The van der Waals surface area contributed by atoms with Crippen molar-refractivity contribution in [1.29, 1.82) is 0 Å². The van der Waals surface area contributed by atoms with Crippen molar-refractivity contribution in [3.63, 3.8) is 0 Å². The minimum Gasteiger partial charge on any atom is -1.00 e. The molecule has 0 rings (SSSR count). The molecule has 0 aromatic heterocycles. The van der Waals surface area contributed by atoms with Gasteiger partial charge in [-0.3, -0.25) is 4.79 Å². The second-order valence-corrected chi connectivity index (χ2v) is 3.46. The smallest absolute Gasteiger partial charge is 1.00 e. The predicted molar refractivity (Wildman–Crippen MR) is 55.7 cm³/mol. The van der Waals surface area contributed by atoms with E-state index in [0.717, 1.165) is 6.42 Å². The van der Waals surface area contributed by atoms with Gasteiger partial charge >= 0.3 is 57.4 Å². The van der Waals surface area contributed by atoms with E-state index < -0.39 is 0 Å². The van der Waals surface area contributed by atoms with Crippen molar-refractivity contribution in [2.45, 2.75) is 58.8 Å². The number of hydrogen-bond donors (Lipinski definition) is 0. The number of ether oxygens (including phenoxy) is 1. The molecule has 14 heavy (non-hydrogen) atoms.